The molecule has 5 nitrogen and oxygen atoms in total. The van der Waals surface area contributed by atoms with E-state index in [1.807, 2.05) is 0 Å². The summed E-state index contributed by atoms with van der Waals surface area (Å²) in [7, 11) is 0. The van der Waals surface area contributed by atoms with Crippen LogP contribution in [0.15, 0.2) is 23.1 Å². The van der Waals surface area contributed by atoms with Crippen LogP contribution in [0.25, 0.3) is 0 Å². The van der Waals surface area contributed by atoms with E-state index in [0.29, 0.717) is 11.8 Å². The number of carbonyl (C=O) groups excluding carboxylic acids is 2. The lowest BCUT2D eigenvalue weighted by molar-refractivity contribution is -0.107. The summed E-state index contributed by atoms with van der Waals surface area (Å²) >= 11 is 0. The highest BCUT2D eigenvalue weighted by Gasteiger charge is 2.02. The number of carbonyl (C=O) groups is 2. The topological polar surface area (TPSA) is 79.0 Å². The van der Waals surface area contributed by atoms with E-state index in [0.717, 1.165) is 0 Å². The molecule has 0 fully saturated rings. The van der Waals surface area contributed by atoms with Gasteiger partial charge in [-0.2, -0.15) is 0 Å². The summed E-state index contributed by atoms with van der Waals surface area (Å²) in [6, 6.07) is 2.63. The van der Waals surface area contributed by atoms with E-state index in [-0.39, 0.29) is 18.0 Å². The number of rotatable bonds is 3. The highest BCUT2D eigenvalue weighted by Crippen LogP contribution is 1.91. The van der Waals surface area contributed by atoms with Gasteiger partial charge in [0, 0.05) is 12.3 Å². The zero-order chi connectivity index (χ0) is 9.68. The predicted molar refractivity (Wildman–Crippen MR) is 45.5 cm³/mol. The third-order valence-electron chi connectivity index (χ3n) is 1.39. The zero-order valence-corrected chi connectivity index (χ0v) is 6.74. The number of amides is 1. The number of pyridine rings is 1. The van der Waals surface area contributed by atoms with Crippen molar-refractivity contribution in [3.8, 4) is 0 Å². The van der Waals surface area contributed by atoms with Crippen LogP contribution in [-0.4, -0.2) is 23.7 Å². The maximum atomic E-state index is 11.1. The van der Waals surface area contributed by atoms with Gasteiger partial charge in [-0.15, -0.1) is 0 Å². The maximum absolute atomic E-state index is 11.1. The molecule has 0 aliphatic carbocycles. The molecule has 1 aromatic rings. The Bertz CT molecular complexity index is 349. The molecule has 13 heavy (non-hydrogen) atoms. The van der Waals surface area contributed by atoms with Crippen molar-refractivity contribution in [2.45, 2.75) is 0 Å². The third kappa shape index (κ3) is 2.55. The lowest BCUT2D eigenvalue weighted by Crippen LogP contribution is -2.25. The Morgan fingerprint density at radius 1 is 1.54 bits per heavy atom. The number of hydrogen-bond acceptors (Lipinski definition) is 3. The van der Waals surface area contributed by atoms with Gasteiger partial charge >= 0.3 is 0 Å². The van der Waals surface area contributed by atoms with Gasteiger partial charge < -0.3 is 15.1 Å². The Balaban J connectivity index is 2.71. The molecule has 1 rings (SSSR count). The molecule has 0 bridgehead atoms. The molecule has 1 heterocycles. The fourth-order valence-electron chi connectivity index (χ4n) is 0.788. The molecule has 0 atom stereocenters. The Morgan fingerprint density at radius 3 is 2.85 bits per heavy atom. The average molecular weight is 180 g/mol. The quantitative estimate of drug-likeness (QED) is 0.604. The molecule has 0 aliphatic heterocycles. The number of nitrogens with one attached hydrogen (secondary N) is 2. The van der Waals surface area contributed by atoms with E-state index in [1.165, 1.54) is 18.3 Å². The largest absolute Gasteiger partial charge is 0.345 e. The first-order chi connectivity index (χ1) is 6.24. The molecule has 0 aromatic carbocycles. The monoisotopic (exact) mass is 180 g/mol. The van der Waals surface area contributed by atoms with Gasteiger partial charge in [0.15, 0.2) is 0 Å². The number of H-pyrrole nitrogens is 1. The van der Waals surface area contributed by atoms with Crippen LogP contribution in [0.4, 0.5) is 0 Å². The van der Waals surface area contributed by atoms with Gasteiger partial charge in [0.05, 0.1) is 12.1 Å². The minimum Gasteiger partial charge on any atom is -0.345 e. The van der Waals surface area contributed by atoms with Gasteiger partial charge in [-0.25, -0.2) is 0 Å². The minimum absolute atomic E-state index is 0.0298. The molecule has 68 valence electrons. The van der Waals surface area contributed by atoms with Crippen LogP contribution < -0.4 is 10.9 Å². The molecule has 2 N–H and O–H groups in total. The number of aromatic nitrogens is 1. The van der Waals surface area contributed by atoms with E-state index in [1.54, 1.807) is 0 Å². The molecule has 1 aromatic heterocycles. The average Bonchev–Trinajstić information content (AvgIpc) is 2.15. The zero-order valence-electron chi connectivity index (χ0n) is 6.74. The minimum atomic E-state index is -0.386. The van der Waals surface area contributed by atoms with Crippen molar-refractivity contribution in [2.24, 2.45) is 0 Å². The molecule has 0 radical (unpaired) electrons. The first kappa shape index (κ1) is 9.18. The lowest BCUT2D eigenvalue weighted by atomic mass is 10.3. The molecule has 5 heteroatoms. The Hall–Kier alpha value is -1.91. The molecule has 0 unspecified atom stereocenters. The van der Waals surface area contributed by atoms with Crippen molar-refractivity contribution in [3.63, 3.8) is 0 Å². The number of aldehydes is 1. The van der Waals surface area contributed by atoms with Crippen LogP contribution >= 0.6 is 0 Å². The summed E-state index contributed by atoms with van der Waals surface area (Å²) in [4.78, 5) is 34.0. The lowest BCUT2D eigenvalue weighted by Gasteiger charge is -1.99. The van der Waals surface area contributed by atoms with Gasteiger partial charge in [-0.1, -0.05) is 0 Å². The van der Waals surface area contributed by atoms with Gasteiger partial charge in [0.2, 0.25) is 5.56 Å². The normalized spacial score (nSPS) is 9.23. The van der Waals surface area contributed by atoms with Crippen molar-refractivity contribution in [2.75, 3.05) is 6.54 Å². The van der Waals surface area contributed by atoms with Gasteiger partial charge in [-0.05, 0) is 6.07 Å². The van der Waals surface area contributed by atoms with Crippen LogP contribution in [0.1, 0.15) is 10.4 Å². The summed E-state index contributed by atoms with van der Waals surface area (Å²) in [5.41, 5.74) is 0.0494. The molecular formula is C8H8N2O3. The van der Waals surface area contributed by atoms with E-state index < -0.39 is 0 Å². The van der Waals surface area contributed by atoms with E-state index in [9.17, 15) is 14.4 Å². The molecular weight excluding hydrogens is 172 g/mol. The summed E-state index contributed by atoms with van der Waals surface area (Å²) in [5, 5.41) is 2.34. The molecule has 0 saturated heterocycles. The second kappa shape index (κ2) is 4.20. The molecule has 0 saturated carbocycles. The predicted octanol–water partition coefficient (Wildman–Crippen LogP) is -0.696. The van der Waals surface area contributed by atoms with Crippen molar-refractivity contribution < 1.29 is 9.59 Å². The van der Waals surface area contributed by atoms with E-state index in [2.05, 4.69) is 10.3 Å². The van der Waals surface area contributed by atoms with Crippen molar-refractivity contribution in [1.82, 2.24) is 10.3 Å². The summed E-state index contributed by atoms with van der Waals surface area (Å²) in [6.45, 7) is -0.0298. The van der Waals surface area contributed by atoms with Crippen LogP contribution in [0.2, 0.25) is 0 Å². The van der Waals surface area contributed by atoms with Crippen LogP contribution in [0.5, 0.6) is 0 Å². The van der Waals surface area contributed by atoms with Gasteiger partial charge in [0.25, 0.3) is 5.91 Å². The highest BCUT2D eigenvalue weighted by atomic mass is 16.2. The third-order valence-corrected chi connectivity index (χ3v) is 1.39. The van der Waals surface area contributed by atoms with Crippen LogP contribution in [0, 0.1) is 0 Å². The summed E-state index contributed by atoms with van der Waals surface area (Å²) < 4.78 is 0. The molecule has 0 spiro atoms. The van der Waals surface area contributed by atoms with Crippen LogP contribution in [0.3, 0.4) is 0 Å². The van der Waals surface area contributed by atoms with Crippen molar-refractivity contribution >= 4 is 12.2 Å². The number of hydrogen-bond donors (Lipinski definition) is 2. The number of aromatic amines is 1. The molecule has 0 aliphatic rings. The SMILES string of the molecule is O=CCNC(=O)c1ccc(=O)[nH]c1. The first-order valence-corrected chi connectivity index (χ1v) is 3.64. The Morgan fingerprint density at radius 2 is 2.31 bits per heavy atom. The fourth-order valence-corrected chi connectivity index (χ4v) is 0.788. The van der Waals surface area contributed by atoms with Gasteiger partial charge in [0.1, 0.15) is 6.29 Å². The van der Waals surface area contributed by atoms with Crippen molar-refractivity contribution in [1.29, 1.82) is 0 Å². The summed E-state index contributed by atoms with van der Waals surface area (Å²) in [6.07, 6.45) is 1.88. The van der Waals surface area contributed by atoms with E-state index >= 15 is 0 Å². The van der Waals surface area contributed by atoms with E-state index in [4.69, 9.17) is 0 Å². The summed E-state index contributed by atoms with van der Waals surface area (Å²) in [5.74, 6) is -0.386. The van der Waals surface area contributed by atoms with Gasteiger partial charge in [-0.3, -0.25) is 9.59 Å². The fraction of sp³-hybridized carbons (Fsp3) is 0.125. The smallest absolute Gasteiger partial charge is 0.253 e. The van der Waals surface area contributed by atoms with Crippen LogP contribution in [-0.2, 0) is 4.79 Å². The standard InChI is InChI=1S/C8H8N2O3/c11-4-3-9-8(13)6-1-2-7(12)10-5-6/h1-2,4-5H,3H2,(H,9,13)(H,10,12). The second-order valence-corrected chi connectivity index (χ2v) is 2.32. The first-order valence-electron chi connectivity index (χ1n) is 3.64. The maximum Gasteiger partial charge on any atom is 0.253 e. The highest BCUT2D eigenvalue weighted by molar-refractivity contribution is 5.94. The molecule has 1 amide bonds. The second-order valence-electron chi connectivity index (χ2n) is 2.32. The Kier molecular flexibility index (Phi) is 2.97. The van der Waals surface area contributed by atoms with Crippen molar-refractivity contribution in [3.05, 3.63) is 34.2 Å². The Labute approximate surface area is 73.8 Å².